The topological polar surface area (TPSA) is 72.6 Å². The van der Waals surface area contributed by atoms with E-state index in [0.717, 1.165) is 5.56 Å². The van der Waals surface area contributed by atoms with Crippen molar-refractivity contribution in [3.05, 3.63) is 36.4 Å². The molecule has 88 valence electrons. The molecular formula is C12H11NO4. The second-order valence-electron chi connectivity index (χ2n) is 3.39. The highest BCUT2D eigenvalue weighted by molar-refractivity contribution is 5.75. The Bertz CT molecular complexity index is 533. The molecule has 0 unspecified atom stereocenters. The van der Waals surface area contributed by atoms with E-state index in [9.17, 15) is 4.79 Å². The number of rotatable bonds is 4. The Labute approximate surface area is 97.7 Å². The lowest BCUT2D eigenvalue weighted by atomic mass is 10.1. The van der Waals surface area contributed by atoms with E-state index >= 15 is 0 Å². The predicted molar refractivity (Wildman–Crippen MR) is 59.8 cm³/mol. The summed E-state index contributed by atoms with van der Waals surface area (Å²) in [7, 11) is 1.55. The summed E-state index contributed by atoms with van der Waals surface area (Å²) in [5.41, 5.74) is 1.23. The largest absolute Gasteiger partial charge is 0.496 e. The van der Waals surface area contributed by atoms with Gasteiger partial charge in [-0.25, -0.2) is 4.98 Å². The summed E-state index contributed by atoms with van der Waals surface area (Å²) in [5.74, 6) is -0.00654. The monoisotopic (exact) mass is 233 g/mol. The van der Waals surface area contributed by atoms with Gasteiger partial charge in [-0.05, 0) is 12.1 Å². The Balaban J connectivity index is 2.46. The fourth-order valence-corrected chi connectivity index (χ4v) is 1.59. The average molecular weight is 233 g/mol. The summed E-state index contributed by atoms with van der Waals surface area (Å²) in [6.45, 7) is 0. The van der Waals surface area contributed by atoms with Crippen molar-refractivity contribution in [1.82, 2.24) is 4.98 Å². The fraction of sp³-hybridized carbons (Fsp3) is 0.167. The first-order chi connectivity index (χ1) is 8.22. The summed E-state index contributed by atoms with van der Waals surface area (Å²) >= 11 is 0. The zero-order chi connectivity index (χ0) is 12.3. The predicted octanol–water partition coefficient (Wildman–Crippen LogP) is 1.98. The van der Waals surface area contributed by atoms with Crippen LogP contribution in [0, 0.1) is 0 Å². The SMILES string of the molecule is COc1ccccc1-c1ncoc1CC(=O)O. The second-order valence-corrected chi connectivity index (χ2v) is 3.39. The zero-order valence-electron chi connectivity index (χ0n) is 9.21. The first-order valence-corrected chi connectivity index (χ1v) is 5.00. The Hall–Kier alpha value is -2.30. The number of hydrogen-bond donors (Lipinski definition) is 1. The molecule has 1 N–H and O–H groups in total. The van der Waals surface area contributed by atoms with Crippen molar-refractivity contribution < 1.29 is 19.1 Å². The third-order valence-corrected chi connectivity index (χ3v) is 2.31. The molecule has 1 heterocycles. The molecule has 5 nitrogen and oxygen atoms in total. The maximum absolute atomic E-state index is 10.7. The number of carboxylic acids is 1. The molecule has 0 spiro atoms. The highest BCUT2D eigenvalue weighted by Gasteiger charge is 2.16. The Morgan fingerprint density at radius 2 is 2.24 bits per heavy atom. The van der Waals surface area contributed by atoms with Crippen LogP contribution in [0.2, 0.25) is 0 Å². The normalized spacial score (nSPS) is 10.2. The van der Waals surface area contributed by atoms with Crippen molar-refractivity contribution in [1.29, 1.82) is 0 Å². The van der Waals surface area contributed by atoms with Crippen LogP contribution in [-0.4, -0.2) is 23.2 Å². The lowest BCUT2D eigenvalue weighted by Gasteiger charge is -2.06. The van der Waals surface area contributed by atoms with Gasteiger partial charge in [0.2, 0.25) is 0 Å². The number of ether oxygens (including phenoxy) is 1. The molecule has 1 aromatic carbocycles. The van der Waals surface area contributed by atoms with Gasteiger partial charge in [0.25, 0.3) is 0 Å². The minimum atomic E-state index is -0.960. The van der Waals surface area contributed by atoms with Crippen LogP contribution in [0.5, 0.6) is 5.75 Å². The minimum absolute atomic E-state index is 0.201. The van der Waals surface area contributed by atoms with Crippen LogP contribution in [0.3, 0.4) is 0 Å². The number of nitrogens with zero attached hydrogens (tertiary/aromatic N) is 1. The number of benzene rings is 1. The molecule has 5 heteroatoms. The molecule has 0 bridgehead atoms. The zero-order valence-corrected chi connectivity index (χ0v) is 9.21. The maximum Gasteiger partial charge on any atom is 0.311 e. The van der Waals surface area contributed by atoms with Crippen molar-refractivity contribution in [2.45, 2.75) is 6.42 Å². The molecule has 0 saturated carbocycles. The van der Waals surface area contributed by atoms with Crippen LogP contribution >= 0.6 is 0 Å². The van der Waals surface area contributed by atoms with Gasteiger partial charge in [-0.1, -0.05) is 12.1 Å². The molecule has 0 atom stereocenters. The molecule has 0 aliphatic rings. The summed E-state index contributed by atoms with van der Waals surface area (Å²) in [6, 6.07) is 7.26. The van der Waals surface area contributed by atoms with Gasteiger partial charge in [0.1, 0.15) is 23.6 Å². The van der Waals surface area contributed by atoms with Gasteiger partial charge in [-0.15, -0.1) is 0 Å². The number of para-hydroxylation sites is 1. The summed E-state index contributed by atoms with van der Waals surface area (Å²) in [5, 5.41) is 8.76. The number of oxazole rings is 1. The van der Waals surface area contributed by atoms with Gasteiger partial charge >= 0.3 is 5.97 Å². The van der Waals surface area contributed by atoms with E-state index < -0.39 is 5.97 Å². The minimum Gasteiger partial charge on any atom is -0.496 e. The average Bonchev–Trinajstić information content (AvgIpc) is 2.76. The van der Waals surface area contributed by atoms with Crippen LogP contribution in [-0.2, 0) is 11.2 Å². The Kier molecular flexibility index (Phi) is 3.09. The highest BCUT2D eigenvalue weighted by atomic mass is 16.5. The van der Waals surface area contributed by atoms with Gasteiger partial charge in [-0.2, -0.15) is 0 Å². The lowest BCUT2D eigenvalue weighted by Crippen LogP contribution is -2.00. The van der Waals surface area contributed by atoms with Crippen LogP contribution in [0.1, 0.15) is 5.76 Å². The first kappa shape index (κ1) is 11.2. The Morgan fingerprint density at radius 1 is 1.47 bits per heavy atom. The number of carbonyl (C=O) groups is 1. The number of aromatic nitrogens is 1. The number of carboxylic acid groups (broad SMARTS) is 1. The summed E-state index contributed by atoms with van der Waals surface area (Å²) in [4.78, 5) is 14.7. The van der Waals surface area contributed by atoms with E-state index in [1.165, 1.54) is 6.39 Å². The molecule has 0 aliphatic carbocycles. The van der Waals surface area contributed by atoms with Crippen molar-refractivity contribution >= 4 is 5.97 Å². The fourth-order valence-electron chi connectivity index (χ4n) is 1.59. The highest BCUT2D eigenvalue weighted by Crippen LogP contribution is 2.31. The lowest BCUT2D eigenvalue weighted by molar-refractivity contribution is -0.136. The summed E-state index contributed by atoms with van der Waals surface area (Å²) < 4.78 is 10.3. The van der Waals surface area contributed by atoms with Gasteiger partial charge in [0.05, 0.1) is 7.11 Å². The third-order valence-electron chi connectivity index (χ3n) is 2.31. The van der Waals surface area contributed by atoms with E-state index in [4.69, 9.17) is 14.3 Å². The van der Waals surface area contributed by atoms with E-state index in [1.807, 2.05) is 18.2 Å². The van der Waals surface area contributed by atoms with E-state index in [1.54, 1.807) is 13.2 Å². The number of methoxy groups -OCH3 is 1. The van der Waals surface area contributed by atoms with Crippen molar-refractivity contribution in [3.8, 4) is 17.0 Å². The number of aliphatic carboxylic acids is 1. The molecule has 0 amide bonds. The Morgan fingerprint density at radius 3 is 2.94 bits per heavy atom. The number of hydrogen-bond acceptors (Lipinski definition) is 4. The van der Waals surface area contributed by atoms with Crippen LogP contribution < -0.4 is 4.74 Å². The second kappa shape index (κ2) is 4.69. The van der Waals surface area contributed by atoms with E-state index in [-0.39, 0.29) is 6.42 Å². The van der Waals surface area contributed by atoms with Gasteiger partial charge in [0.15, 0.2) is 6.39 Å². The molecule has 2 rings (SSSR count). The third kappa shape index (κ3) is 2.28. The van der Waals surface area contributed by atoms with Gasteiger partial charge in [-0.3, -0.25) is 4.79 Å². The first-order valence-electron chi connectivity index (χ1n) is 5.00. The van der Waals surface area contributed by atoms with Crippen molar-refractivity contribution in [2.75, 3.05) is 7.11 Å². The van der Waals surface area contributed by atoms with Crippen LogP contribution in [0.25, 0.3) is 11.3 Å². The maximum atomic E-state index is 10.7. The molecule has 0 aliphatic heterocycles. The summed E-state index contributed by atoms with van der Waals surface area (Å²) in [6.07, 6.45) is 1.04. The van der Waals surface area contributed by atoms with Crippen LogP contribution in [0.15, 0.2) is 35.1 Å². The quantitative estimate of drug-likeness (QED) is 0.874. The van der Waals surface area contributed by atoms with E-state index in [0.29, 0.717) is 17.2 Å². The molecule has 0 saturated heterocycles. The molecule has 17 heavy (non-hydrogen) atoms. The molecular weight excluding hydrogens is 222 g/mol. The molecule has 2 aromatic rings. The van der Waals surface area contributed by atoms with Gasteiger partial charge < -0.3 is 14.3 Å². The van der Waals surface area contributed by atoms with Crippen molar-refractivity contribution in [3.63, 3.8) is 0 Å². The van der Waals surface area contributed by atoms with E-state index in [2.05, 4.69) is 4.98 Å². The molecule has 0 radical (unpaired) electrons. The molecule has 1 aromatic heterocycles. The van der Waals surface area contributed by atoms with Crippen molar-refractivity contribution in [2.24, 2.45) is 0 Å². The standard InChI is InChI=1S/C12H11NO4/c1-16-9-5-3-2-4-8(9)12-10(6-11(14)15)17-7-13-12/h2-5,7H,6H2,1H3,(H,14,15). The smallest absolute Gasteiger partial charge is 0.311 e. The molecule has 0 fully saturated rings. The van der Waals surface area contributed by atoms with Gasteiger partial charge in [0, 0.05) is 5.56 Å². The van der Waals surface area contributed by atoms with Crippen LogP contribution in [0.4, 0.5) is 0 Å².